The summed E-state index contributed by atoms with van der Waals surface area (Å²) >= 11 is 0. The van der Waals surface area contributed by atoms with Gasteiger partial charge in [-0.05, 0) is 57.5 Å². The number of ether oxygens (including phenoxy) is 1. The Morgan fingerprint density at radius 3 is 2.66 bits per heavy atom. The lowest BCUT2D eigenvalue weighted by Crippen LogP contribution is -2.44. The molecular formula is C22H32FIN6O2. The minimum atomic E-state index is -0.510. The van der Waals surface area contributed by atoms with E-state index in [1.54, 1.807) is 23.9 Å². The Kier molecular flexibility index (Phi) is 9.29. The second-order valence-corrected chi connectivity index (χ2v) is 8.53. The maximum absolute atomic E-state index is 13.1. The van der Waals surface area contributed by atoms with Gasteiger partial charge in [0.1, 0.15) is 11.4 Å². The number of halogens is 2. The molecule has 1 amide bonds. The molecule has 2 N–H and O–H groups in total. The number of hydrogen-bond donors (Lipinski definition) is 2. The fraction of sp³-hybridized carbons (Fsp3) is 0.500. The molecule has 1 unspecified atom stereocenters. The van der Waals surface area contributed by atoms with Crippen LogP contribution in [-0.4, -0.2) is 65.1 Å². The van der Waals surface area contributed by atoms with Gasteiger partial charge in [-0.1, -0.05) is 0 Å². The van der Waals surface area contributed by atoms with Crippen LogP contribution in [0.15, 0.2) is 41.5 Å². The Bertz CT molecular complexity index is 910. The standard InChI is InChI=1S/C22H31FN6O2.HI/c1-22(2,3)31-21(30)26-18-10-13-28(15-18)20(24-4)25-12-9-17-11-14-29(27-17)19-7-5-16(23)6-8-19;/h5-8,11,14,18H,9-10,12-13,15H2,1-4H3,(H,24,25)(H,26,30);1H. The number of amides is 1. The van der Waals surface area contributed by atoms with E-state index in [-0.39, 0.29) is 41.9 Å². The van der Waals surface area contributed by atoms with Crippen LogP contribution < -0.4 is 10.6 Å². The molecule has 1 aliphatic heterocycles. The number of likely N-dealkylation sites (tertiary alicyclic amines) is 1. The molecule has 1 atom stereocenters. The first-order valence-electron chi connectivity index (χ1n) is 10.5. The third kappa shape index (κ3) is 7.64. The van der Waals surface area contributed by atoms with Gasteiger partial charge < -0.3 is 20.3 Å². The van der Waals surface area contributed by atoms with E-state index >= 15 is 0 Å². The number of benzene rings is 1. The molecule has 0 radical (unpaired) electrons. The van der Waals surface area contributed by atoms with Crippen LogP contribution >= 0.6 is 24.0 Å². The number of hydrogen-bond acceptors (Lipinski definition) is 4. The maximum Gasteiger partial charge on any atom is 0.407 e. The fourth-order valence-corrected chi connectivity index (χ4v) is 3.41. The Morgan fingerprint density at radius 1 is 1.28 bits per heavy atom. The van der Waals surface area contributed by atoms with Crippen molar-refractivity contribution in [1.82, 2.24) is 25.3 Å². The van der Waals surface area contributed by atoms with Gasteiger partial charge in [-0.3, -0.25) is 4.99 Å². The average molecular weight is 558 g/mol. The molecule has 2 aromatic rings. The van der Waals surface area contributed by atoms with Gasteiger partial charge in [-0.2, -0.15) is 5.10 Å². The van der Waals surface area contributed by atoms with Crippen LogP contribution in [0.2, 0.25) is 0 Å². The average Bonchev–Trinajstić information content (AvgIpc) is 3.34. The molecule has 0 aliphatic carbocycles. The highest BCUT2D eigenvalue weighted by Crippen LogP contribution is 2.12. The molecule has 1 aliphatic rings. The number of nitrogens with zero attached hydrogens (tertiary/aromatic N) is 4. The molecule has 3 rings (SSSR count). The van der Waals surface area contributed by atoms with Crippen molar-refractivity contribution >= 4 is 36.0 Å². The number of aromatic nitrogens is 2. The quantitative estimate of drug-likeness (QED) is 0.334. The van der Waals surface area contributed by atoms with Crippen molar-refractivity contribution in [2.24, 2.45) is 4.99 Å². The normalized spacial score (nSPS) is 16.5. The summed E-state index contributed by atoms with van der Waals surface area (Å²) in [6.07, 6.45) is 3.03. The number of nitrogens with one attached hydrogen (secondary N) is 2. The zero-order chi connectivity index (χ0) is 22.4. The molecule has 0 saturated carbocycles. The molecule has 10 heteroatoms. The summed E-state index contributed by atoms with van der Waals surface area (Å²) in [5, 5.41) is 10.8. The number of guanidine groups is 1. The van der Waals surface area contributed by atoms with Crippen LogP contribution in [0.3, 0.4) is 0 Å². The van der Waals surface area contributed by atoms with Crippen molar-refractivity contribution in [2.45, 2.75) is 45.3 Å². The van der Waals surface area contributed by atoms with Gasteiger partial charge in [0.2, 0.25) is 0 Å². The molecular weight excluding hydrogens is 526 g/mol. The topological polar surface area (TPSA) is 83.8 Å². The van der Waals surface area contributed by atoms with Crippen molar-refractivity contribution in [3.8, 4) is 5.69 Å². The van der Waals surface area contributed by atoms with E-state index in [1.165, 1.54) is 12.1 Å². The number of aliphatic imine (C=N–C) groups is 1. The highest BCUT2D eigenvalue weighted by atomic mass is 127. The van der Waals surface area contributed by atoms with Crippen LogP contribution in [0.1, 0.15) is 32.9 Å². The Labute approximate surface area is 205 Å². The smallest absolute Gasteiger partial charge is 0.407 e. The minimum absolute atomic E-state index is 0. The maximum atomic E-state index is 13.1. The van der Waals surface area contributed by atoms with Crippen molar-refractivity contribution in [1.29, 1.82) is 0 Å². The van der Waals surface area contributed by atoms with Gasteiger partial charge in [-0.15, -0.1) is 24.0 Å². The molecule has 8 nitrogen and oxygen atoms in total. The summed E-state index contributed by atoms with van der Waals surface area (Å²) in [6, 6.07) is 8.21. The van der Waals surface area contributed by atoms with Gasteiger partial charge in [0.15, 0.2) is 5.96 Å². The molecule has 1 fully saturated rings. The highest BCUT2D eigenvalue weighted by Gasteiger charge is 2.27. The Hall–Kier alpha value is -2.37. The lowest BCUT2D eigenvalue weighted by atomic mass is 10.2. The Balaban J connectivity index is 0.00000363. The minimum Gasteiger partial charge on any atom is -0.444 e. The lowest BCUT2D eigenvalue weighted by molar-refractivity contribution is 0.0507. The van der Waals surface area contributed by atoms with Crippen molar-refractivity contribution in [3.05, 3.63) is 48.0 Å². The lowest BCUT2D eigenvalue weighted by Gasteiger charge is -2.23. The van der Waals surface area contributed by atoms with E-state index in [0.29, 0.717) is 13.1 Å². The third-order valence-electron chi connectivity index (χ3n) is 4.82. The third-order valence-corrected chi connectivity index (χ3v) is 4.82. The largest absolute Gasteiger partial charge is 0.444 e. The molecule has 0 bridgehead atoms. The molecule has 32 heavy (non-hydrogen) atoms. The molecule has 1 aromatic heterocycles. The molecule has 176 valence electrons. The zero-order valence-corrected chi connectivity index (χ0v) is 21.3. The van der Waals surface area contributed by atoms with Gasteiger partial charge in [-0.25, -0.2) is 13.9 Å². The van der Waals surface area contributed by atoms with E-state index in [9.17, 15) is 9.18 Å². The van der Waals surface area contributed by atoms with Crippen molar-refractivity contribution in [2.75, 3.05) is 26.7 Å². The van der Waals surface area contributed by atoms with Gasteiger partial charge >= 0.3 is 6.09 Å². The van der Waals surface area contributed by atoms with Crippen LogP contribution in [0.5, 0.6) is 0 Å². The van der Waals surface area contributed by atoms with Crippen LogP contribution in [0, 0.1) is 5.82 Å². The van der Waals surface area contributed by atoms with E-state index in [0.717, 1.165) is 36.7 Å². The fourth-order valence-electron chi connectivity index (χ4n) is 3.41. The molecule has 0 spiro atoms. The van der Waals surface area contributed by atoms with Gasteiger partial charge in [0, 0.05) is 39.3 Å². The van der Waals surface area contributed by atoms with Gasteiger partial charge in [0.05, 0.1) is 17.4 Å². The van der Waals surface area contributed by atoms with E-state index in [4.69, 9.17) is 4.74 Å². The SMILES string of the molecule is CN=C(NCCc1ccn(-c2ccc(F)cc2)n1)N1CCC(NC(=O)OC(C)(C)C)C1.I. The number of carbonyl (C=O) groups excluding carboxylic acids is 1. The predicted molar refractivity (Wildman–Crippen MR) is 133 cm³/mol. The molecule has 1 saturated heterocycles. The summed E-state index contributed by atoms with van der Waals surface area (Å²) < 4.78 is 20.1. The summed E-state index contributed by atoms with van der Waals surface area (Å²) in [5.74, 6) is 0.531. The number of carbonyl (C=O) groups is 1. The van der Waals surface area contributed by atoms with E-state index in [2.05, 4.69) is 25.6 Å². The second-order valence-electron chi connectivity index (χ2n) is 8.53. The number of alkyl carbamates (subject to hydrolysis) is 1. The molecule has 2 heterocycles. The van der Waals surface area contributed by atoms with Crippen molar-refractivity contribution in [3.63, 3.8) is 0 Å². The van der Waals surface area contributed by atoms with Crippen LogP contribution in [0.4, 0.5) is 9.18 Å². The Morgan fingerprint density at radius 2 is 2.00 bits per heavy atom. The second kappa shape index (κ2) is 11.5. The number of rotatable bonds is 5. The first-order valence-corrected chi connectivity index (χ1v) is 10.5. The first kappa shape index (κ1) is 25.9. The summed E-state index contributed by atoms with van der Waals surface area (Å²) in [5.41, 5.74) is 1.24. The summed E-state index contributed by atoms with van der Waals surface area (Å²) in [4.78, 5) is 18.5. The first-order chi connectivity index (χ1) is 14.7. The monoisotopic (exact) mass is 558 g/mol. The summed E-state index contributed by atoms with van der Waals surface area (Å²) in [6.45, 7) is 7.71. The predicted octanol–water partition coefficient (Wildman–Crippen LogP) is 3.35. The van der Waals surface area contributed by atoms with Crippen molar-refractivity contribution < 1.29 is 13.9 Å². The highest BCUT2D eigenvalue weighted by molar-refractivity contribution is 14.0. The van der Waals surface area contributed by atoms with Crippen LogP contribution in [0.25, 0.3) is 5.69 Å². The molecule has 1 aromatic carbocycles. The van der Waals surface area contributed by atoms with Gasteiger partial charge in [0.25, 0.3) is 0 Å². The van der Waals surface area contributed by atoms with E-state index < -0.39 is 5.60 Å². The zero-order valence-electron chi connectivity index (χ0n) is 19.0. The summed E-state index contributed by atoms with van der Waals surface area (Å²) in [7, 11) is 1.75. The van der Waals surface area contributed by atoms with Crippen LogP contribution in [-0.2, 0) is 11.2 Å². The van der Waals surface area contributed by atoms with E-state index in [1.807, 2.05) is 33.0 Å².